The molecule has 176 valence electrons. The summed E-state index contributed by atoms with van der Waals surface area (Å²) in [6, 6.07) is 14.4. The SMILES string of the molecule is Cc1[nH]ccc1C1CCNC(c2ccc(-c3cc4nc(C5CCNC(C)C5)ncc4[nH]3)cc2)C1. The lowest BCUT2D eigenvalue weighted by Crippen LogP contribution is -2.35. The van der Waals surface area contributed by atoms with Crippen LogP contribution < -0.4 is 10.6 Å². The molecule has 0 spiro atoms. The van der Waals surface area contributed by atoms with E-state index in [1.54, 1.807) is 0 Å². The standard InChI is InChI=1S/C28H34N6/c1-17-13-22(8-10-29-17)28-32-16-27-26(34-28)15-25(33-27)20-5-3-19(4-6-20)24-14-21(7-11-31-24)23-9-12-30-18(23)2/h3-6,9,12,15-17,21-22,24,29-31,33H,7-8,10-11,13-14H2,1-2H3. The number of hydrogen-bond acceptors (Lipinski definition) is 4. The van der Waals surface area contributed by atoms with E-state index in [1.807, 2.05) is 6.20 Å². The zero-order valence-electron chi connectivity index (χ0n) is 20.1. The summed E-state index contributed by atoms with van der Waals surface area (Å²) in [5.41, 5.74) is 8.44. The Hall–Kier alpha value is -2.96. The molecule has 4 unspecified atom stereocenters. The Balaban J connectivity index is 1.20. The van der Waals surface area contributed by atoms with Crippen LogP contribution in [0.25, 0.3) is 22.3 Å². The Morgan fingerprint density at radius 3 is 2.56 bits per heavy atom. The average molecular weight is 455 g/mol. The molecule has 6 rings (SSSR count). The quantitative estimate of drug-likeness (QED) is 0.336. The molecule has 0 aliphatic carbocycles. The van der Waals surface area contributed by atoms with Crippen LogP contribution in [0.4, 0.5) is 0 Å². The molecule has 6 heteroatoms. The van der Waals surface area contributed by atoms with Gasteiger partial charge in [0.1, 0.15) is 5.82 Å². The summed E-state index contributed by atoms with van der Waals surface area (Å²) in [5, 5.41) is 7.24. The van der Waals surface area contributed by atoms with Crippen LogP contribution >= 0.6 is 0 Å². The number of hydrogen-bond donors (Lipinski definition) is 4. The van der Waals surface area contributed by atoms with E-state index in [1.165, 1.54) is 28.8 Å². The summed E-state index contributed by atoms with van der Waals surface area (Å²) in [7, 11) is 0. The van der Waals surface area contributed by atoms with Gasteiger partial charge in [0.15, 0.2) is 0 Å². The maximum absolute atomic E-state index is 4.93. The average Bonchev–Trinajstić information content (AvgIpc) is 3.50. The van der Waals surface area contributed by atoms with Gasteiger partial charge in [-0.3, -0.25) is 0 Å². The first-order valence-electron chi connectivity index (χ1n) is 12.7. The van der Waals surface area contributed by atoms with Crippen LogP contribution in [0.3, 0.4) is 0 Å². The van der Waals surface area contributed by atoms with Gasteiger partial charge in [0.05, 0.1) is 17.2 Å². The van der Waals surface area contributed by atoms with Crippen molar-refractivity contribution in [3.05, 3.63) is 71.4 Å². The second kappa shape index (κ2) is 9.01. The molecule has 2 aliphatic heterocycles. The molecule has 4 N–H and O–H groups in total. The first-order chi connectivity index (χ1) is 16.6. The molecule has 4 aromatic rings. The second-order valence-electron chi connectivity index (χ2n) is 10.2. The van der Waals surface area contributed by atoms with E-state index in [2.05, 4.69) is 77.0 Å². The van der Waals surface area contributed by atoms with Crippen molar-refractivity contribution in [1.82, 2.24) is 30.6 Å². The monoisotopic (exact) mass is 454 g/mol. The Morgan fingerprint density at radius 1 is 0.941 bits per heavy atom. The highest BCUT2D eigenvalue weighted by Crippen LogP contribution is 2.36. The van der Waals surface area contributed by atoms with Gasteiger partial charge in [-0.05, 0) is 87.4 Å². The third-order valence-electron chi connectivity index (χ3n) is 7.84. The molecule has 0 saturated carbocycles. The van der Waals surface area contributed by atoms with Crippen molar-refractivity contribution in [2.45, 2.75) is 63.5 Å². The van der Waals surface area contributed by atoms with Gasteiger partial charge in [0.2, 0.25) is 0 Å². The highest BCUT2D eigenvalue weighted by molar-refractivity contribution is 5.82. The predicted molar refractivity (Wildman–Crippen MR) is 137 cm³/mol. The van der Waals surface area contributed by atoms with E-state index in [9.17, 15) is 0 Å². The molecular weight excluding hydrogens is 420 g/mol. The lowest BCUT2D eigenvalue weighted by atomic mass is 9.84. The van der Waals surface area contributed by atoms with Crippen molar-refractivity contribution in [3.63, 3.8) is 0 Å². The van der Waals surface area contributed by atoms with Crippen molar-refractivity contribution in [2.75, 3.05) is 13.1 Å². The largest absolute Gasteiger partial charge is 0.365 e. The maximum atomic E-state index is 4.93. The predicted octanol–water partition coefficient (Wildman–Crippen LogP) is 5.33. The minimum Gasteiger partial charge on any atom is -0.365 e. The summed E-state index contributed by atoms with van der Waals surface area (Å²) in [6.45, 7) is 6.52. The number of aromatic amines is 2. The molecule has 5 heterocycles. The van der Waals surface area contributed by atoms with Crippen molar-refractivity contribution >= 4 is 11.0 Å². The highest BCUT2D eigenvalue weighted by Gasteiger charge is 2.25. The molecule has 2 aliphatic rings. The molecule has 0 radical (unpaired) electrons. The maximum Gasteiger partial charge on any atom is 0.132 e. The summed E-state index contributed by atoms with van der Waals surface area (Å²) < 4.78 is 0. The van der Waals surface area contributed by atoms with Gasteiger partial charge in [-0.2, -0.15) is 0 Å². The summed E-state index contributed by atoms with van der Waals surface area (Å²) in [5.74, 6) is 2.04. The van der Waals surface area contributed by atoms with Gasteiger partial charge >= 0.3 is 0 Å². The van der Waals surface area contributed by atoms with Gasteiger partial charge in [-0.15, -0.1) is 0 Å². The molecule has 2 saturated heterocycles. The third-order valence-corrected chi connectivity index (χ3v) is 7.84. The Morgan fingerprint density at radius 2 is 1.76 bits per heavy atom. The lowest BCUT2D eigenvalue weighted by molar-refractivity contribution is 0.369. The van der Waals surface area contributed by atoms with E-state index in [-0.39, 0.29) is 0 Å². The van der Waals surface area contributed by atoms with E-state index < -0.39 is 0 Å². The molecular formula is C28H34N6. The van der Waals surface area contributed by atoms with Gasteiger partial charge in [-0.1, -0.05) is 24.3 Å². The number of nitrogens with one attached hydrogen (secondary N) is 4. The molecule has 0 bridgehead atoms. The minimum atomic E-state index is 0.394. The Kier molecular flexibility index (Phi) is 5.71. The fourth-order valence-electron chi connectivity index (χ4n) is 5.91. The van der Waals surface area contributed by atoms with E-state index in [4.69, 9.17) is 9.97 Å². The number of nitrogens with zero attached hydrogens (tertiary/aromatic N) is 2. The van der Waals surface area contributed by atoms with Gasteiger partial charge in [0.25, 0.3) is 0 Å². The van der Waals surface area contributed by atoms with Crippen LogP contribution in [0, 0.1) is 6.92 Å². The highest BCUT2D eigenvalue weighted by atomic mass is 15.0. The Labute approximate surface area is 201 Å². The molecule has 3 aromatic heterocycles. The first-order valence-corrected chi connectivity index (χ1v) is 12.7. The molecule has 2 fully saturated rings. The van der Waals surface area contributed by atoms with Crippen molar-refractivity contribution in [3.8, 4) is 11.3 Å². The molecule has 34 heavy (non-hydrogen) atoms. The van der Waals surface area contributed by atoms with Crippen molar-refractivity contribution in [1.29, 1.82) is 0 Å². The van der Waals surface area contributed by atoms with Crippen molar-refractivity contribution < 1.29 is 0 Å². The smallest absolute Gasteiger partial charge is 0.132 e. The topological polar surface area (TPSA) is 81.4 Å². The lowest BCUT2D eigenvalue weighted by Gasteiger charge is -2.31. The van der Waals surface area contributed by atoms with Crippen molar-refractivity contribution in [2.24, 2.45) is 0 Å². The second-order valence-corrected chi connectivity index (χ2v) is 10.2. The van der Waals surface area contributed by atoms with Gasteiger partial charge in [0, 0.05) is 35.6 Å². The number of aromatic nitrogens is 4. The van der Waals surface area contributed by atoms with Gasteiger partial charge < -0.3 is 20.6 Å². The van der Waals surface area contributed by atoms with Gasteiger partial charge in [-0.25, -0.2) is 9.97 Å². The summed E-state index contributed by atoms with van der Waals surface area (Å²) in [4.78, 5) is 16.5. The third kappa shape index (κ3) is 4.17. The zero-order valence-corrected chi connectivity index (χ0v) is 20.1. The Bertz CT molecular complexity index is 1270. The number of rotatable bonds is 4. The van der Waals surface area contributed by atoms with Crippen LogP contribution in [0.2, 0.25) is 0 Å². The number of H-pyrrole nitrogens is 2. The normalized spacial score (nSPS) is 25.6. The van der Waals surface area contributed by atoms with Crippen LogP contribution in [-0.2, 0) is 0 Å². The van der Waals surface area contributed by atoms with Crippen LogP contribution in [0.1, 0.15) is 73.1 Å². The van der Waals surface area contributed by atoms with E-state index in [0.29, 0.717) is 23.9 Å². The number of benzene rings is 1. The van der Waals surface area contributed by atoms with Crippen LogP contribution in [0.15, 0.2) is 48.8 Å². The van der Waals surface area contributed by atoms with Crippen LogP contribution in [0.5, 0.6) is 0 Å². The first kappa shape index (κ1) is 21.6. The zero-order chi connectivity index (χ0) is 23.1. The molecule has 1 aromatic carbocycles. The fourth-order valence-corrected chi connectivity index (χ4v) is 5.91. The summed E-state index contributed by atoms with van der Waals surface area (Å²) >= 11 is 0. The number of piperidine rings is 2. The molecule has 4 atom stereocenters. The van der Waals surface area contributed by atoms with Crippen LogP contribution in [-0.4, -0.2) is 39.1 Å². The summed E-state index contributed by atoms with van der Waals surface area (Å²) in [6.07, 6.45) is 8.56. The molecule has 0 amide bonds. The fraction of sp³-hybridized carbons (Fsp3) is 0.429. The van der Waals surface area contributed by atoms with E-state index in [0.717, 1.165) is 54.9 Å². The number of aryl methyl sites for hydroxylation is 1. The number of fused-ring (bicyclic) bond motifs is 1. The minimum absolute atomic E-state index is 0.394. The molecule has 6 nitrogen and oxygen atoms in total. The van der Waals surface area contributed by atoms with E-state index >= 15 is 0 Å².